The minimum absolute atomic E-state index is 0.331. The summed E-state index contributed by atoms with van der Waals surface area (Å²) < 4.78 is 0. The Balaban J connectivity index is 4.19. The van der Waals surface area contributed by atoms with Crippen molar-refractivity contribution < 1.29 is 9.90 Å². The molecular formula is C7H10O2. The minimum atomic E-state index is -0.879. The first-order valence-corrected chi connectivity index (χ1v) is 2.74. The van der Waals surface area contributed by atoms with E-state index in [4.69, 9.17) is 5.11 Å². The van der Waals surface area contributed by atoms with Crippen LogP contribution in [0, 0.1) is 0 Å². The summed E-state index contributed by atoms with van der Waals surface area (Å²) in [5.74, 6) is -0.879. The van der Waals surface area contributed by atoms with Gasteiger partial charge in [-0.25, -0.2) is 4.79 Å². The van der Waals surface area contributed by atoms with E-state index in [-0.39, 0.29) is 0 Å². The van der Waals surface area contributed by atoms with Gasteiger partial charge in [-0.3, -0.25) is 0 Å². The molecule has 2 nitrogen and oxygen atoms in total. The molecule has 0 fully saturated rings. The summed E-state index contributed by atoms with van der Waals surface area (Å²) in [6.07, 6.45) is 4.81. The highest BCUT2D eigenvalue weighted by atomic mass is 16.4. The first kappa shape index (κ1) is 7.95. The summed E-state index contributed by atoms with van der Waals surface area (Å²) in [7, 11) is 0. The van der Waals surface area contributed by atoms with Gasteiger partial charge in [0.2, 0.25) is 0 Å². The molecule has 2 heteroatoms. The number of rotatable bonds is 2. The third-order valence-corrected chi connectivity index (χ3v) is 0.904. The number of carbonyl (C=O) groups is 1. The van der Waals surface area contributed by atoms with Gasteiger partial charge in [0.15, 0.2) is 0 Å². The molecule has 0 aliphatic heterocycles. The molecule has 0 aromatic heterocycles. The van der Waals surface area contributed by atoms with Crippen LogP contribution in [0.5, 0.6) is 0 Å². The minimum Gasteiger partial charge on any atom is -0.478 e. The first-order chi connectivity index (χ1) is 4.22. The number of hydrogen-bond acceptors (Lipinski definition) is 1. The van der Waals surface area contributed by atoms with Crippen molar-refractivity contribution in [1.82, 2.24) is 0 Å². The predicted molar refractivity (Wildman–Crippen MR) is 36.2 cm³/mol. The summed E-state index contributed by atoms with van der Waals surface area (Å²) in [4.78, 5) is 10.2. The number of carboxylic acid groups (broad SMARTS) is 1. The molecule has 0 atom stereocenters. The highest BCUT2D eigenvalue weighted by molar-refractivity contribution is 5.89. The summed E-state index contributed by atoms with van der Waals surface area (Å²) in [5, 5.41) is 8.38. The van der Waals surface area contributed by atoms with Crippen molar-refractivity contribution >= 4 is 5.97 Å². The zero-order valence-corrected chi connectivity index (χ0v) is 5.59. The van der Waals surface area contributed by atoms with Crippen LogP contribution >= 0.6 is 0 Å². The number of hydrogen-bond donors (Lipinski definition) is 1. The lowest BCUT2D eigenvalue weighted by Gasteiger charge is -1.88. The molecule has 0 saturated carbocycles. The Morgan fingerprint density at radius 1 is 1.44 bits per heavy atom. The van der Waals surface area contributed by atoms with Crippen LogP contribution in [0.4, 0.5) is 0 Å². The number of allylic oxidation sites excluding steroid dienone is 2. The van der Waals surface area contributed by atoms with E-state index in [1.807, 2.05) is 0 Å². The van der Waals surface area contributed by atoms with Gasteiger partial charge in [0.1, 0.15) is 0 Å². The fourth-order valence-corrected chi connectivity index (χ4v) is 0.471. The maximum atomic E-state index is 10.2. The van der Waals surface area contributed by atoms with Gasteiger partial charge in [-0.15, -0.1) is 0 Å². The third kappa shape index (κ3) is 2.69. The van der Waals surface area contributed by atoms with E-state index in [9.17, 15) is 4.79 Å². The van der Waals surface area contributed by atoms with Crippen molar-refractivity contribution in [2.45, 2.75) is 13.8 Å². The van der Waals surface area contributed by atoms with Crippen molar-refractivity contribution in [2.24, 2.45) is 0 Å². The normalized spacial score (nSPS) is 12.4. The summed E-state index contributed by atoms with van der Waals surface area (Å²) in [6, 6.07) is 0. The Labute approximate surface area is 54.5 Å². The van der Waals surface area contributed by atoms with Crippen LogP contribution in [-0.2, 0) is 4.79 Å². The standard InChI is InChI=1S/C7H10O2/c1-3-5-6(4-2)7(8)9/h3-5H,1-2H3,(H,8,9)/b5-3-,6-4?. The highest BCUT2D eigenvalue weighted by Crippen LogP contribution is 1.94. The molecule has 0 saturated heterocycles. The van der Waals surface area contributed by atoms with Crippen molar-refractivity contribution in [3.8, 4) is 0 Å². The molecule has 0 aromatic rings. The molecule has 0 spiro atoms. The van der Waals surface area contributed by atoms with Crippen LogP contribution in [0.3, 0.4) is 0 Å². The van der Waals surface area contributed by atoms with Crippen LogP contribution in [0.25, 0.3) is 0 Å². The van der Waals surface area contributed by atoms with E-state index in [0.717, 1.165) is 0 Å². The Morgan fingerprint density at radius 3 is 2.11 bits per heavy atom. The van der Waals surface area contributed by atoms with Crippen LogP contribution in [0.15, 0.2) is 23.8 Å². The lowest BCUT2D eigenvalue weighted by atomic mass is 10.2. The molecule has 0 aliphatic carbocycles. The second-order valence-electron chi connectivity index (χ2n) is 1.55. The van der Waals surface area contributed by atoms with Gasteiger partial charge in [-0.05, 0) is 13.8 Å². The second-order valence-corrected chi connectivity index (χ2v) is 1.55. The molecule has 0 radical (unpaired) electrons. The maximum Gasteiger partial charge on any atom is 0.335 e. The molecular weight excluding hydrogens is 116 g/mol. The van der Waals surface area contributed by atoms with Crippen molar-refractivity contribution in [3.05, 3.63) is 23.8 Å². The number of carboxylic acids is 1. The van der Waals surface area contributed by atoms with Crippen molar-refractivity contribution in [2.75, 3.05) is 0 Å². The quantitative estimate of drug-likeness (QED) is 0.450. The van der Waals surface area contributed by atoms with Crippen LogP contribution < -0.4 is 0 Å². The fraction of sp³-hybridized carbons (Fsp3) is 0.286. The van der Waals surface area contributed by atoms with Gasteiger partial charge in [0.25, 0.3) is 0 Å². The Kier molecular flexibility index (Phi) is 3.44. The van der Waals surface area contributed by atoms with Crippen LogP contribution in [0.1, 0.15) is 13.8 Å². The molecule has 0 rings (SSSR count). The maximum absolute atomic E-state index is 10.2. The Morgan fingerprint density at radius 2 is 2.00 bits per heavy atom. The highest BCUT2D eigenvalue weighted by Gasteiger charge is 1.97. The van der Waals surface area contributed by atoms with Gasteiger partial charge in [-0.2, -0.15) is 0 Å². The molecule has 0 aliphatic rings. The van der Waals surface area contributed by atoms with E-state index in [1.165, 1.54) is 0 Å². The fourth-order valence-electron chi connectivity index (χ4n) is 0.471. The zero-order valence-electron chi connectivity index (χ0n) is 5.59. The van der Waals surface area contributed by atoms with Gasteiger partial charge in [-0.1, -0.05) is 18.2 Å². The first-order valence-electron chi connectivity index (χ1n) is 2.74. The molecule has 0 heterocycles. The molecule has 0 bridgehead atoms. The monoisotopic (exact) mass is 126 g/mol. The van der Waals surface area contributed by atoms with Gasteiger partial charge >= 0.3 is 5.97 Å². The van der Waals surface area contributed by atoms with Gasteiger partial charge in [0, 0.05) is 0 Å². The van der Waals surface area contributed by atoms with Gasteiger partial charge < -0.3 is 5.11 Å². The lowest BCUT2D eigenvalue weighted by Crippen LogP contribution is -1.95. The van der Waals surface area contributed by atoms with E-state index in [2.05, 4.69) is 0 Å². The lowest BCUT2D eigenvalue weighted by molar-refractivity contribution is -0.132. The summed E-state index contributed by atoms with van der Waals surface area (Å²) in [5.41, 5.74) is 0.331. The molecule has 50 valence electrons. The molecule has 0 aromatic carbocycles. The predicted octanol–water partition coefficient (Wildman–Crippen LogP) is 1.59. The SMILES string of the molecule is CC=C(/C=C\C)C(=O)O. The van der Waals surface area contributed by atoms with Crippen LogP contribution in [0.2, 0.25) is 0 Å². The topological polar surface area (TPSA) is 37.3 Å². The molecule has 9 heavy (non-hydrogen) atoms. The number of aliphatic carboxylic acids is 1. The third-order valence-electron chi connectivity index (χ3n) is 0.904. The van der Waals surface area contributed by atoms with Crippen LogP contribution in [-0.4, -0.2) is 11.1 Å². The average Bonchev–Trinajstić information content (AvgIpc) is 1.82. The van der Waals surface area contributed by atoms with Gasteiger partial charge in [0.05, 0.1) is 5.57 Å². The Bertz CT molecular complexity index is 154. The van der Waals surface area contributed by atoms with Crippen molar-refractivity contribution in [3.63, 3.8) is 0 Å². The molecule has 1 N–H and O–H groups in total. The van der Waals surface area contributed by atoms with E-state index in [1.54, 1.807) is 32.1 Å². The average molecular weight is 126 g/mol. The summed E-state index contributed by atoms with van der Waals surface area (Å²) in [6.45, 7) is 3.48. The Hall–Kier alpha value is -1.05. The molecule has 0 amide bonds. The second kappa shape index (κ2) is 3.89. The molecule has 0 unspecified atom stereocenters. The zero-order chi connectivity index (χ0) is 7.28. The smallest absolute Gasteiger partial charge is 0.335 e. The largest absolute Gasteiger partial charge is 0.478 e. The van der Waals surface area contributed by atoms with E-state index >= 15 is 0 Å². The van der Waals surface area contributed by atoms with E-state index in [0.29, 0.717) is 5.57 Å². The van der Waals surface area contributed by atoms with E-state index < -0.39 is 5.97 Å². The summed E-state index contributed by atoms with van der Waals surface area (Å²) >= 11 is 0. The van der Waals surface area contributed by atoms with Crippen molar-refractivity contribution in [1.29, 1.82) is 0 Å².